The van der Waals surface area contributed by atoms with Gasteiger partial charge in [0.1, 0.15) is 23.9 Å². The molecule has 0 aliphatic rings. The lowest BCUT2D eigenvalue weighted by Crippen LogP contribution is -2.36. The van der Waals surface area contributed by atoms with Crippen molar-refractivity contribution in [2.75, 3.05) is 13.7 Å². The zero-order chi connectivity index (χ0) is 15.9. The Kier molecular flexibility index (Phi) is 5.36. The molecule has 0 fully saturated rings. The van der Waals surface area contributed by atoms with Crippen molar-refractivity contribution in [2.24, 2.45) is 0 Å². The number of methoxy groups -OCH3 is 1. The number of carbonyl (C=O) groups is 1. The van der Waals surface area contributed by atoms with Gasteiger partial charge in [0, 0.05) is 5.56 Å². The lowest BCUT2D eigenvalue weighted by Gasteiger charge is -2.15. The van der Waals surface area contributed by atoms with Crippen LogP contribution in [0.15, 0.2) is 48.5 Å². The predicted octanol–water partition coefficient (Wildman–Crippen LogP) is 3.03. The SMILES string of the molecule is COc1ccc(OCC(C)NC(=O)c2ccc(F)cc2)cc1. The zero-order valence-corrected chi connectivity index (χ0v) is 12.5. The summed E-state index contributed by atoms with van der Waals surface area (Å²) in [6.07, 6.45) is 0. The number of nitrogens with one attached hydrogen (secondary N) is 1. The third kappa shape index (κ3) is 4.48. The minimum Gasteiger partial charge on any atom is -0.497 e. The van der Waals surface area contributed by atoms with Crippen LogP contribution in [0.4, 0.5) is 4.39 Å². The van der Waals surface area contributed by atoms with Gasteiger partial charge in [-0.25, -0.2) is 4.39 Å². The monoisotopic (exact) mass is 303 g/mol. The second-order valence-corrected chi connectivity index (χ2v) is 4.87. The molecule has 4 nitrogen and oxygen atoms in total. The van der Waals surface area contributed by atoms with Gasteiger partial charge in [-0.2, -0.15) is 0 Å². The fourth-order valence-corrected chi connectivity index (χ4v) is 1.84. The molecule has 0 aliphatic heterocycles. The molecule has 2 aromatic carbocycles. The van der Waals surface area contributed by atoms with Gasteiger partial charge >= 0.3 is 0 Å². The maximum Gasteiger partial charge on any atom is 0.251 e. The van der Waals surface area contributed by atoms with E-state index in [4.69, 9.17) is 9.47 Å². The molecule has 22 heavy (non-hydrogen) atoms. The number of amides is 1. The molecule has 2 aromatic rings. The van der Waals surface area contributed by atoms with Crippen LogP contribution >= 0.6 is 0 Å². The predicted molar refractivity (Wildman–Crippen MR) is 81.8 cm³/mol. The Bertz CT molecular complexity index is 611. The molecule has 0 saturated carbocycles. The van der Waals surface area contributed by atoms with E-state index >= 15 is 0 Å². The topological polar surface area (TPSA) is 47.6 Å². The van der Waals surface area contributed by atoms with Gasteiger partial charge < -0.3 is 14.8 Å². The first-order valence-corrected chi connectivity index (χ1v) is 6.92. The fourth-order valence-electron chi connectivity index (χ4n) is 1.84. The van der Waals surface area contributed by atoms with E-state index < -0.39 is 0 Å². The summed E-state index contributed by atoms with van der Waals surface area (Å²) in [7, 11) is 1.60. The normalized spacial score (nSPS) is 11.6. The highest BCUT2D eigenvalue weighted by atomic mass is 19.1. The summed E-state index contributed by atoms with van der Waals surface area (Å²) in [5.41, 5.74) is 0.415. The van der Waals surface area contributed by atoms with Gasteiger partial charge in [0.05, 0.1) is 13.2 Å². The van der Waals surface area contributed by atoms with Crippen molar-refractivity contribution in [3.63, 3.8) is 0 Å². The third-order valence-electron chi connectivity index (χ3n) is 3.04. The lowest BCUT2D eigenvalue weighted by atomic mass is 10.2. The van der Waals surface area contributed by atoms with Crippen LogP contribution in [0.5, 0.6) is 11.5 Å². The Balaban J connectivity index is 1.82. The van der Waals surface area contributed by atoms with Gasteiger partial charge in [-0.1, -0.05) is 0 Å². The van der Waals surface area contributed by atoms with E-state index in [1.165, 1.54) is 24.3 Å². The van der Waals surface area contributed by atoms with E-state index in [0.29, 0.717) is 17.9 Å². The Morgan fingerprint density at radius 1 is 1.09 bits per heavy atom. The molecular weight excluding hydrogens is 285 g/mol. The number of benzene rings is 2. The van der Waals surface area contributed by atoms with Crippen LogP contribution in [-0.2, 0) is 0 Å². The summed E-state index contributed by atoms with van der Waals surface area (Å²) in [5, 5.41) is 2.80. The maximum atomic E-state index is 12.8. The fraction of sp³-hybridized carbons (Fsp3) is 0.235. The first kappa shape index (κ1) is 15.8. The van der Waals surface area contributed by atoms with Crippen LogP contribution in [0.1, 0.15) is 17.3 Å². The Morgan fingerprint density at radius 3 is 2.27 bits per heavy atom. The van der Waals surface area contributed by atoms with Crippen molar-refractivity contribution in [1.82, 2.24) is 5.32 Å². The molecule has 0 aromatic heterocycles. The van der Waals surface area contributed by atoms with Crippen molar-refractivity contribution in [3.05, 3.63) is 59.9 Å². The number of halogens is 1. The van der Waals surface area contributed by atoms with Crippen LogP contribution in [0, 0.1) is 5.82 Å². The van der Waals surface area contributed by atoms with E-state index in [9.17, 15) is 9.18 Å². The highest BCUT2D eigenvalue weighted by Gasteiger charge is 2.10. The lowest BCUT2D eigenvalue weighted by molar-refractivity contribution is 0.0926. The molecule has 116 valence electrons. The Labute approximate surface area is 128 Å². The molecule has 1 amide bonds. The smallest absolute Gasteiger partial charge is 0.251 e. The number of hydrogen-bond acceptors (Lipinski definition) is 3. The number of ether oxygens (including phenoxy) is 2. The van der Waals surface area contributed by atoms with Crippen LogP contribution in [0.3, 0.4) is 0 Å². The Hall–Kier alpha value is -2.56. The van der Waals surface area contributed by atoms with E-state index in [0.717, 1.165) is 5.75 Å². The average molecular weight is 303 g/mol. The van der Waals surface area contributed by atoms with Crippen LogP contribution in [0.2, 0.25) is 0 Å². The molecule has 0 bridgehead atoms. The van der Waals surface area contributed by atoms with Crippen LogP contribution < -0.4 is 14.8 Å². The van der Waals surface area contributed by atoms with E-state index in [2.05, 4.69) is 5.32 Å². The maximum absolute atomic E-state index is 12.8. The molecule has 0 aliphatic carbocycles. The molecule has 0 radical (unpaired) electrons. The number of carbonyl (C=O) groups excluding carboxylic acids is 1. The van der Waals surface area contributed by atoms with Crippen molar-refractivity contribution in [1.29, 1.82) is 0 Å². The van der Waals surface area contributed by atoms with Gasteiger partial charge in [-0.05, 0) is 55.5 Å². The quantitative estimate of drug-likeness (QED) is 0.892. The van der Waals surface area contributed by atoms with Crippen LogP contribution in [-0.4, -0.2) is 25.7 Å². The summed E-state index contributed by atoms with van der Waals surface area (Å²) in [6, 6.07) is 12.4. The summed E-state index contributed by atoms with van der Waals surface area (Å²) in [5.74, 6) is 0.826. The molecule has 0 spiro atoms. The van der Waals surface area contributed by atoms with Gasteiger partial charge in [-0.15, -0.1) is 0 Å². The molecule has 1 unspecified atom stereocenters. The first-order chi connectivity index (χ1) is 10.6. The Morgan fingerprint density at radius 2 is 1.68 bits per heavy atom. The van der Waals surface area contributed by atoms with E-state index in [1.54, 1.807) is 31.4 Å². The van der Waals surface area contributed by atoms with Crippen molar-refractivity contribution in [3.8, 4) is 11.5 Å². The summed E-state index contributed by atoms with van der Waals surface area (Å²) in [6.45, 7) is 2.17. The summed E-state index contributed by atoms with van der Waals surface area (Å²) < 4.78 is 23.5. The van der Waals surface area contributed by atoms with Gasteiger partial charge in [-0.3, -0.25) is 4.79 Å². The molecule has 1 atom stereocenters. The highest BCUT2D eigenvalue weighted by molar-refractivity contribution is 5.94. The largest absolute Gasteiger partial charge is 0.497 e. The second kappa shape index (κ2) is 7.45. The minimum atomic E-state index is -0.368. The van der Waals surface area contributed by atoms with E-state index in [1.807, 2.05) is 6.92 Å². The van der Waals surface area contributed by atoms with Crippen molar-refractivity contribution in [2.45, 2.75) is 13.0 Å². The van der Waals surface area contributed by atoms with Crippen molar-refractivity contribution >= 4 is 5.91 Å². The molecule has 5 heteroatoms. The number of rotatable bonds is 6. The van der Waals surface area contributed by atoms with E-state index in [-0.39, 0.29) is 17.8 Å². The second-order valence-electron chi connectivity index (χ2n) is 4.87. The van der Waals surface area contributed by atoms with Crippen molar-refractivity contribution < 1.29 is 18.7 Å². The molecular formula is C17H18FNO3. The minimum absolute atomic E-state index is 0.181. The molecule has 0 saturated heterocycles. The first-order valence-electron chi connectivity index (χ1n) is 6.92. The standard InChI is InChI=1S/C17H18FNO3/c1-12(11-22-16-9-7-15(21-2)8-10-16)19-17(20)13-3-5-14(18)6-4-13/h3-10,12H,11H2,1-2H3,(H,19,20). The number of hydrogen-bond donors (Lipinski definition) is 1. The zero-order valence-electron chi connectivity index (χ0n) is 12.5. The molecule has 2 rings (SSSR count). The molecule has 0 heterocycles. The van der Waals surface area contributed by atoms with Gasteiger partial charge in [0.15, 0.2) is 0 Å². The summed E-state index contributed by atoms with van der Waals surface area (Å²) >= 11 is 0. The van der Waals surface area contributed by atoms with Crippen LogP contribution in [0.25, 0.3) is 0 Å². The van der Waals surface area contributed by atoms with Gasteiger partial charge in [0.2, 0.25) is 0 Å². The third-order valence-corrected chi connectivity index (χ3v) is 3.04. The molecule has 1 N–H and O–H groups in total. The van der Waals surface area contributed by atoms with Gasteiger partial charge in [0.25, 0.3) is 5.91 Å². The summed E-state index contributed by atoms with van der Waals surface area (Å²) in [4.78, 5) is 12.0. The average Bonchev–Trinajstić information content (AvgIpc) is 2.54. The highest BCUT2D eigenvalue weighted by Crippen LogP contribution is 2.17.